The van der Waals surface area contributed by atoms with Gasteiger partial charge in [0, 0.05) is 13.1 Å². The van der Waals surface area contributed by atoms with Crippen molar-refractivity contribution in [2.75, 3.05) is 5.48 Å². The lowest BCUT2D eigenvalue weighted by molar-refractivity contribution is 0.382. The summed E-state index contributed by atoms with van der Waals surface area (Å²) < 4.78 is 2.18. The minimum atomic E-state index is -0.528. The van der Waals surface area contributed by atoms with E-state index in [1.165, 1.54) is 11.6 Å². The topological polar surface area (TPSA) is 76.3 Å². The molecule has 6 nitrogen and oxygen atoms in total. The minimum absolute atomic E-state index is 0.0318. The maximum Gasteiger partial charge on any atom is 0.336 e. The normalized spacial score (nSPS) is 10.2. The molecule has 0 aliphatic heterocycles. The molecule has 2 aromatic rings. The van der Waals surface area contributed by atoms with Gasteiger partial charge in [0.1, 0.15) is 5.82 Å². The third-order valence-corrected chi connectivity index (χ3v) is 2.44. The molecule has 17 heavy (non-hydrogen) atoms. The van der Waals surface area contributed by atoms with Crippen molar-refractivity contribution in [2.24, 2.45) is 7.05 Å². The molecule has 0 atom stereocenters. The molecule has 0 saturated carbocycles. The van der Waals surface area contributed by atoms with Crippen LogP contribution in [0.15, 0.2) is 46.0 Å². The zero-order valence-corrected chi connectivity index (χ0v) is 9.12. The van der Waals surface area contributed by atoms with Crippen LogP contribution < -0.4 is 16.7 Å². The first-order valence-corrected chi connectivity index (χ1v) is 4.94. The number of rotatable bonds is 2. The van der Waals surface area contributed by atoms with Gasteiger partial charge >= 0.3 is 5.69 Å². The summed E-state index contributed by atoms with van der Waals surface area (Å²) >= 11 is 0. The van der Waals surface area contributed by atoms with Crippen LogP contribution in [-0.2, 0) is 7.05 Å². The first-order chi connectivity index (χ1) is 8.15. The highest BCUT2D eigenvalue weighted by Crippen LogP contribution is 2.09. The first-order valence-electron chi connectivity index (χ1n) is 4.94. The van der Waals surface area contributed by atoms with Crippen LogP contribution in [0.5, 0.6) is 0 Å². The van der Waals surface area contributed by atoms with Gasteiger partial charge in [-0.3, -0.25) is 20.0 Å². The Morgan fingerprint density at radius 2 is 1.82 bits per heavy atom. The van der Waals surface area contributed by atoms with Crippen LogP contribution >= 0.6 is 0 Å². The van der Waals surface area contributed by atoms with Crippen LogP contribution in [0.25, 0.3) is 5.69 Å². The number of hydrogen-bond donors (Lipinski definition) is 2. The van der Waals surface area contributed by atoms with E-state index in [2.05, 4.69) is 0 Å². The van der Waals surface area contributed by atoms with Crippen molar-refractivity contribution in [1.82, 2.24) is 9.13 Å². The van der Waals surface area contributed by atoms with E-state index in [1.54, 1.807) is 24.3 Å². The Hall–Kier alpha value is -2.34. The highest BCUT2D eigenvalue weighted by Gasteiger charge is 2.09. The number of benzene rings is 1. The zero-order chi connectivity index (χ0) is 12.4. The number of anilines is 1. The predicted molar refractivity (Wildman–Crippen MR) is 62.7 cm³/mol. The van der Waals surface area contributed by atoms with E-state index in [0.717, 1.165) is 10.6 Å². The van der Waals surface area contributed by atoms with Gasteiger partial charge in [0.05, 0.1) is 5.69 Å². The van der Waals surface area contributed by atoms with Crippen LogP contribution in [0, 0.1) is 0 Å². The van der Waals surface area contributed by atoms with E-state index in [9.17, 15) is 9.59 Å². The molecule has 0 unspecified atom stereocenters. The summed E-state index contributed by atoms with van der Waals surface area (Å²) in [5.74, 6) is 0.0318. The maximum absolute atomic E-state index is 11.9. The highest BCUT2D eigenvalue weighted by molar-refractivity contribution is 5.43. The van der Waals surface area contributed by atoms with Gasteiger partial charge < -0.3 is 0 Å². The molecule has 1 aromatic heterocycles. The van der Waals surface area contributed by atoms with Gasteiger partial charge in [0.25, 0.3) is 5.56 Å². The Morgan fingerprint density at radius 1 is 1.18 bits per heavy atom. The van der Waals surface area contributed by atoms with E-state index in [4.69, 9.17) is 5.21 Å². The van der Waals surface area contributed by atoms with Gasteiger partial charge in [-0.2, -0.15) is 0 Å². The summed E-state index contributed by atoms with van der Waals surface area (Å²) in [6, 6.07) is 9.87. The van der Waals surface area contributed by atoms with Crippen LogP contribution in [0.1, 0.15) is 0 Å². The summed E-state index contributed by atoms with van der Waals surface area (Å²) in [7, 11) is 1.38. The van der Waals surface area contributed by atoms with Crippen molar-refractivity contribution in [3.8, 4) is 5.69 Å². The summed E-state index contributed by atoms with van der Waals surface area (Å²) in [5.41, 5.74) is 1.40. The van der Waals surface area contributed by atoms with Gasteiger partial charge in [-0.25, -0.2) is 9.36 Å². The third-order valence-electron chi connectivity index (χ3n) is 2.44. The summed E-state index contributed by atoms with van der Waals surface area (Å²) in [6.45, 7) is 0. The molecule has 0 spiro atoms. The van der Waals surface area contributed by atoms with E-state index in [1.807, 2.05) is 11.5 Å². The lowest BCUT2D eigenvalue weighted by Crippen LogP contribution is -2.37. The van der Waals surface area contributed by atoms with E-state index in [0.29, 0.717) is 5.69 Å². The van der Waals surface area contributed by atoms with Gasteiger partial charge in [0.15, 0.2) is 0 Å². The Bertz CT molecular complexity index is 643. The number of nitrogens with one attached hydrogen (secondary N) is 1. The number of hydrogen-bond acceptors (Lipinski definition) is 4. The number of aromatic nitrogens is 2. The standard InChI is InChI=1S/C11H11N3O3/c1-13-10(15)7-9(12-17)14(11(13)16)8-5-3-2-4-6-8/h2-7,12,17H,1H3. The third kappa shape index (κ3) is 1.85. The molecule has 0 saturated heterocycles. The molecule has 0 amide bonds. The summed E-state index contributed by atoms with van der Waals surface area (Å²) in [5, 5.41) is 8.96. The Morgan fingerprint density at radius 3 is 2.41 bits per heavy atom. The molecule has 1 heterocycles. The van der Waals surface area contributed by atoms with Crippen LogP contribution in [0.3, 0.4) is 0 Å². The average Bonchev–Trinajstić information content (AvgIpc) is 2.36. The monoisotopic (exact) mass is 233 g/mol. The molecule has 0 bridgehead atoms. The van der Waals surface area contributed by atoms with Crippen LogP contribution in [-0.4, -0.2) is 14.3 Å². The first kappa shape index (κ1) is 11.2. The molecular weight excluding hydrogens is 222 g/mol. The smallest absolute Gasteiger partial charge is 0.290 e. The van der Waals surface area contributed by atoms with Crippen molar-refractivity contribution in [1.29, 1.82) is 0 Å². The molecular formula is C11H11N3O3. The molecule has 1 aromatic carbocycles. The van der Waals surface area contributed by atoms with Gasteiger partial charge in [-0.15, -0.1) is 0 Å². The van der Waals surface area contributed by atoms with E-state index < -0.39 is 11.2 Å². The number of nitrogens with zero attached hydrogens (tertiary/aromatic N) is 2. The molecule has 0 fully saturated rings. The van der Waals surface area contributed by atoms with Gasteiger partial charge in [-0.1, -0.05) is 18.2 Å². The van der Waals surface area contributed by atoms with Crippen molar-refractivity contribution in [3.63, 3.8) is 0 Å². The van der Waals surface area contributed by atoms with Crippen molar-refractivity contribution in [3.05, 3.63) is 57.2 Å². The largest absolute Gasteiger partial charge is 0.336 e. The average molecular weight is 233 g/mol. The molecule has 88 valence electrons. The molecule has 2 rings (SSSR count). The second-order valence-electron chi connectivity index (χ2n) is 3.49. The molecule has 0 aliphatic carbocycles. The predicted octanol–water partition coefficient (Wildman–Crippen LogP) is 0.337. The lowest BCUT2D eigenvalue weighted by atomic mass is 10.3. The molecule has 2 N–H and O–H groups in total. The fraction of sp³-hybridized carbons (Fsp3) is 0.0909. The fourth-order valence-corrected chi connectivity index (χ4v) is 1.53. The van der Waals surface area contributed by atoms with Crippen LogP contribution in [0.4, 0.5) is 5.82 Å². The minimum Gasteiger partial charge on any atom is -0.290 e. The highest BCUT2D eigenvalue weighted by atomic mass is 16.5. The van der Waals surface area contributed by atoms with Crippen molar-refractivity contribution in [2.45, 2.75) is 0 Å². The van der Waals surface area contributed by atoms with Crippen LogP contribution in [0.2, 0.25) is 0 Å². The molecule has 0 radical (unpaired) electrons. The second kappa shape index (κ2) is 4.26. The second-order valence-corrected chi connectivity index (χ2v) is 3.49. The molecule has 6 heteroatoms. The van der Waals surface area contributed by atoms with Gasteiger partial charge in [0.2, 0.25) is 0 Å². The van der Waals surface area contributed by atoms with Crippen molar-refractivity contribution >= 4 is 5.82 Å². The van der Waals surface area contributed by atoms with Gasteiger partial charge in [-0.05, 0) is 12.1 Å². The number of para-hydroxylation sites is 1. The fourth-order valence-electron chi connectivity index (χ4n) is 1.53. The van der Waals surface area contributed by atoms with E-state index >= 15 is 0 Å². The maximum atomic E-state index is 11.9. The Balaban J connectivity index is 2.82. The lowest BCUT2D eigenvalue weighted by Gasteiger charge is -2.12. The quantitative estimate of drug-likeness (QED) is 0.733. The Labute approximate surface area is 96.3 Å². The SMILES string of the molecule is Cn1c(=O)cc(NO)n(-c2ccccc2)c1=O. The van der Waals surface area contributed by atoms with Crippen molar-refractivity contribution < 1.29 is 5.21 Å². The summed E-state index contributed by atoms with van der Waals surface area (Å²) in [6.07, 6.45) is 0. The summed E-state index contributed by atoms with van der Waals surface area (Å²) in [4.78, 5) is 23.3. The molecule has 0 aliphatic rings. The Kier molecular flexibility index (Phi) is 2.80. The zero-order valence-electron chi connectivity index (χ0n) is 9.12. The van der Waals surface area contributed by atoms with E-state index in [-0.39, 0.29) is 5.82 Å².